The Morgan fingerprint density at radius 2 is 2.00 bits per heavy atom. The molecule has 0 saturated heterocycles. The van der Waals surface area contributed by atoms with Gasteiger partial charge >= 0.3 is 0 Å². The van der Waals surface area contributed by atoms with Crippen molar-refractivity contribution in [3.8, 4) is 5.69 Å². The van der Waals surface area contributed by atoms with E-state index in [4.69, 9.17) is 5.84 Å². The lowest BCUT2D eigenvalue weighted by atomic mass is 10.3. The molecule has 0 aliphatic rings. The SMILES string of the molecule is Nn1ccc(=O)c(-n2nnc3ccccc32)c1. The number of nitrogens with zero attached hydrogens (tertiary/aromatic N) is 4. The molecule has 6 heteroatoms. The van der Waals surface area contributed by atoms with Crippen LogP contribution in [-0.2, 0) is 0 Å². The van der Waals surface area contributed by atoms with Gasteiger partial charge in [0.2, 0.25) is 5.43 Å². The fraction of sp³-hybridized carbons (Fsp3) is 0. The standard InChI is InChI=1S/C11H9N5O/c12-15-6-5-11(17)10(7-15)16-9-4-2-1-3-8(9)13-14-16/h1-7H,12H2. The van der Waals surface area contributed by atoms with Crippen LogP contribution in [0.4, 0.5) is 0 Å². The van der Waals surface area contributed by atoms with Crippen molar-refractivity contribution in [1.29, 1.82) is 0 Å². The second-order valence-electron chi connectivity index (χ2n) is 3.63. The van der Waals surface area contributed by atoms with Gasteiger partial charge in [0, 0.05) is 12.3 Å². The van der Waals surface area contributed by atoms with Crippen molar-refractivity contribution in [2.24, 2.45) is 0 Å². The lowest BCUT2D eigenvalue weighted by molar-refractivity contribution is 0.803. The van der Waals surface area contributed by atoms with E-state index in [2.05, 4.69) is 10.3 Å². The predicted molar refractivity (Wildman–Crippen MR) is 63.3 cm³/mol. The summed E-state index contributed by atoms with van der Waals surface area (Å²) in [5.41, 5.74) is 1.74. The van der Waals surface area contributed by atoms with Gasteiger partial charge in [0.05, 0.1) is 11.7 Å². The van der Waals surface area contributed by atoms with Crippen LogP contribution in [0.2, 0.25) is 0 Å². The van der Waals surface area contributed by atoms with Crippen molar-refractivity contribution in [2.75, 3.05) is 5.84 Å². The first-order valence-electron chi connectivity index (χ1n) is 5.04. The molecule has 0 amide bonds. The second kappa shape index (κ2) is 3.44. The van der Waals surface area contributed by atoms with E-state index in [0.29, 0.717) is 5.69 Å². The van der Waals surface area contributed by atoms with Gasteiger partial charge in [-0.3, -0.25) is 9.47 Å². The maximum atomic E-state index is 11.8. The Labute approximate surface area is 95.9 Å². The zero-order chi connectivity index (χ0) is 11.8. The third kappa shape index (κ3) is 1.46. The highest BCUT2D eigenvalue weighted by atomic mass is 16.1. The third-order valence-electron chi connectivity index (χ3n) is 2.50. The number of nitrogens with two attached hydrogens (primary N) is 1. The average molecular weight is 227 g/mol. The molecular weight excluding hydrogens is 218 g/mol. The van der Waals surface area contributed by atoms with Crippen LogP contribution < -0.4 is 11.3 Å². The smallest absolute Gasteiger partial charge is 0.207 e. The van der Waals surface area contributed by atoms with Crippen LogP contribution in [0.25, 0.3) is 16.7 Å². The molecule has 0 bridgehead atoms. The van der Waals surface area contributed by atoms with E-state index in [9.17, 15) is 4.79 Å². The van der Waals surface area contributed by atoms with Gasteiger partial charge in [-0.05, 0) is 12.1 Å². The highest BCUT2D eigenvalue weighted by molar-refractivity contribution is 5.75. The van der Waals surface area contributed by atoms with Crippen LogP contribution >= 0.6 is 0 Å². The molecular formula is C11H9N5O. The van der Waals surface area contributed by atoms with E-state index < -0.39 is 0 Å². The third-order valence-corrected chi connectivity index (χ3v) is 2.50. The molecule has 6 nitrogen and oxygen atoms in total. The van der Waals surface area contributed by atoms with Crippen LogP contribution in [-0.4, -0.2) is 19.7 Å². The number of hydrogen-bond donors (Lipinski definition) is 1. The number of hydrogen-bond acceptors (Lipinski definition) is 4. The number of fused-ring (bicyclic) bond motifs is 1. The highest BCUT2D eigenvalue weighted by Crippen LogP contribution is 2.12. The van der Waals surface area contributed by atoms with Gasteiger partial charge in [0.15, 0.2) is 0 Å². The van der Waals surface area contributed by atoms with Gasteiger partial charge in [0.1, 0.15) is 11.2 Å². The van der Waals surface area contributed by atoms with Crippen LogP contribution in [0.3, 0.4) is 0 Å². The topological polar surface area (TPSA) is 78.7 Å². The summed E-state index contributed by atoms with van der Waals surface area (Å²) in [6, 6.07) is 8.82. The normalized spacial score (nSPS) is 10.8. The van der Waals surface area contributed by atoms with Gasteiger partial charge < -0.3 is 5.84 Å². The van der Waals surface area contributed by atoms with Gasteiger partial charge in [-0.15, -0.1) is 5.10 Å². The summed E-state index contributed by atoms with van der Waals surface area (Å²) >= 11 is 0. The fourth-order valence-electron chi connectivity index (χ4n) is 1.69. The summed E-state index contributed by atoms with van der Waals surface area (Å²) < 4.78 is 2.80. The number of nitrogen functional groups attached to an aromatic ring is 1. The first kappa shape index (κ1) is 9.59. The van der Waals surface area contributed by atoms with Gasteiger partial charge in [-0.1, -0.05) is 17.3 Å². The number of pyridine rings is 1. The van der Waals surface area contributed by atoms with E-state index in [1.165, 1.54) is 27.8 Å². The molecule has 0 radical (unpaired) electrons. The summed E-state index contributed by atoms with van der Waals surface area (Å²) in [5, 5.41) is 7.96. The van der Waals surface area contributed by atoms with E-state index >= 15 is 0 Å². The number of benzene rings is 1. The summed E-state index contributed by atoms with van der Waals surface area (Å²) in [7, 11) is 0. The minimum Gasteiger partial charge on any atom is -0.340 e. The van der Waals surface area contributed by atoms with E-state index in [1.807, 2.05) is 24.3 Å². The van der Waals surface area contributed by atoms with Crippen molar-refractivity contribution < 1.29 is 0 Å². The van der Waals surface area contributed by atoms with Crippen LogP contribution in [0.15, 0.2) is 47.5 Å². The number of para-hydroxylation sites is 1. The summed E-state index contributed by atoms with van der Waals surface area (Å²) in [4.78, 5) is 11.8. The Morgan fingerprint density at radius 3 is 2.88 bits per heavy atom. The monoisotopic (exact) mass is 227 g/mol. The van der Waals surface area contributed by atoms with Crippen LogP contribution in [0.5, 0.6) is 0 Å². The fourth-order valence-corrected chi connectivity index (χ4v) is 1.69. The minimum absolute atomic E-state index is 0.151. The Bertz CT molecular complexity index is 743. The van der Waals surface area contributed by atoms with Crippen molar-refractivity contribution in [3.63, 3.8) is 0 Å². The quantitative estimate of drug-likeness (QED) is 0.606. The molecule has 0 spiro atoms. The first-order valence-corrected chi connectivity index (χ1v) is 5.04. The second-order valence-corrected chi connectivity index (χ2v) is 3.63. The highest BCUT2D eigenvalue weighted by Gasteiger charge is 2.08. The Morgan fingerprint density at radius 1 is 1.18 bits per heavy atom. The summed E-state index contributed by atoms with van der Waals surface area (Å²) in [6.07, 6.45) is 3.01. The van der Waals surface area contributed by atoms with Crippen LogP contribution in [0, 0.1) is 0 Å². The molecule has 84 valence electrons. The van der Waals surface area contributed by atoms with Crippen molar-refractivity contribution in [2.45, 2.75) is 0 Å². The molecule has 3 rings (SSSR count). The van der Waals surface area contributed by atoms with Crippen molar-refractivity contribution >= 4 is 11.0 Å². The minimum atomic E-state index is -0.151. The molecule has 0 unspecified atom stereocenters. The Hall–Kier alpha value is -2.63. The molecule has 0 saturated carbocycles. The predicted octanol–water partition coefficient (Wildman–Crippen LogP) is 0.296. The average Bonchev–Trinajstić information content (AvgIpc) is 2.76. The van der Waals surface area contributed by atoms with Crippen molar-refractivity contribution in [1.82, 2.24) is 19.7 Å². The zero-order valence-corrected chi connectivity index (χ0v) is 8.82. The van der Waals surface area contributed by atoms with E-state index in [1.54, 1.807) is 0 Å². The molecule has 3 aromatic rings. The molecule has 2 N–H and O–H groups in total. The summed E-state index contributed by atoms with van der Waals surface area (Å²) in [5.74, 6) is 5.59. The molecule has 2 heterocycles. The molecule has 17 heavy (non-hydrogen) atoms. The maximum Gasteiger partial charge on any atom is 0.207 e. The van der Waals surface area contributed by atoms with Crippen LogP contribution in [0.1, 0.15) is 0 Å². The largest absolute Gasteiger partial charge is 0.340 e. The lowest BCUT2D eigenvalue weighted by Gasteiger charge is -2.03. The van der Waals surface area contributed by atoms with Gasteiger partial charge in [-0.2, -0.15) is 0 Å². The van der Waals surface area contributed by atoms with Gasteiger partial charge in [-0.25, -0.2) is 4.68 Å². The molecule has 1 aromatic carbocycles. The molecule has 0 aliphatic heterocycles. The molecule has 0 fully saturated rings. The van der Waals surface area contributed by atoms with E-state index in [0.717, 1.165) is 11.0 Å². The molecule has 2 aromatic heterocycles. The zero-order valence-electron chi connectivity index (χ0n) is 8.82. The Kier molecular flexibility index (Phi) is 1.94. The maximum absolute atomic E-state index is 11.8. The first-order chi connectivity index (χ1) is 8.25. The van der Waals surface area contributed by atoms with Gasteiger partial charge in [0.25, 0.3) is 0 Å². The lowest BCUT2D eigenvalue weighted by Crippen LogP contribution is -2.18. The summed E-state index contributed by atoms with van der Waals surface area (Å²) in [6.45, 7) is 0. The number of aromatic nitrogens is 4. The molecule has 0 atom stereocenters. The Balaban J connectivity index is 2.35. The van der Waals surface area contributed by atoms with Crippen molar-refractivity contribution in [3.05, 3.63) is 52.9 Å². The van der Waals surface area contributed by atoms with E-state index in [-0.39, 0.29) is 5.43 Å². The number of rotatable bonds is 1. The molecule has 0 aliphatic carbocycles.